The van der Waals surface area contributed by atoms with Gasteiger partial charge in [-0.15, -0.1) is 0 Å². The van der Waals surface area contributed by atoms with E-state index in [4.69, 9.17) is 5.73 Å². The van der Waals surface area contributed by atoms with E-state index in [9.17, 15) is 0 Å². The second kappa shape index (κ2) is 6.99. The lowest BCUT2D eigenvalue weighted by Gasteiger charge is -2.41. The average Bonchev–Trinajstić information content (AvgIpc) is 2.70. The molecule has 0 amide bonds. The molecule has 26 heavy (non-hydrogen) atoms. The van der Waals surface area contributed by atoms with Crippen LogP contribution in [0, 0.1) is 6.92 Å². The quantitative estimate of drug-likeness (QED) is 0.562. The lowest BCUT2D eigenvalue weighted by atomic mass is 9.62. The maximum Gasteiger partial charge on any atom is 0.0314 e. The Morgan fingerprint density at radius 3 is 1.92 bits per heavy atom. The Morgan fingerprint density at radius 1 is 0.731 bits per heavy atom. The largest absolute Gasteiger partial charge is 0.399 e. The number of benzene rings is 3. The van der Waals surface area contributed by atoms with Crippen molar-refractivity contribution in [1.82, 2.24) is 0 Å². The molecule has 4 rings (SSSR count). The predicted molar refractivity (Wildman–Crippen MR) is 110 cm³/mol. The van der Waals surface area contributed by atoms with E-state index in [1.807, 2.05) is 12.1 Å². The van der Waals surface area contributed by atoms with Crippen LogP contribution in [0.1, 0.15) is 53.9 Å². The molecule has 0 saturated heterocycles. The Balaban J connectivity index is 1.66. The third-order valence-corrected chi connectivity index (χ3v) is 6.18. The summed E-state index contributed by atoms with van der Waals surface area (Å²) >= 11 is 0. The second-order valence-electron chi connectivity index (χ2n) is 7.76. The summed E-state index contributed by atoms with van der Waals surface area (Å²) in [5.74, 6) is 0.668. The number of nitrogens with two attached hydrogens (primary N) is 1. The summed E-state index contributed by atoms with van der Waals surface area (Å²) in [6, 6.07) is 28.7. The molecular weight excluding hydrogens is 314 g/mol. The average molecular weight is 341 g/mol. The van der Waals surface area contributed by atoms with Gasteiger partial charge in [0.15, 0.2) is 0 Å². The van der Waals surface area contributed by atoms with Crippen LogP contribution in [0.3, 0.4) is 0 Å². The Labute approximate surface area is 156 Å². The van der Waals surface area contributed by atoms with E-state index in [1.54, 1.807) is 0 Å². The SMILES string of the molecule is Cc1ccc(C2CCC(c3ccccc3)(c3ccc(N)cc3)CC2)cc1. The number of rotatable bonds is 3. The van der Waals surface area contributed by atoms with Crippen LogP contribution in [0.15, 0.2) is 78.9 Å². The van der Waals surface area contributed by atoms with Crippen LogP contribution in [0.25, 0.3) is 0 Å². The minimum Gasteiger partial charge on any atom is -0.399 e. The van der Waals surface area contributed by atoms with Gasteiger partial charge in [-0.2, -0.15) is 0 Å². The van der Waals surface area contributed by atoms with E-state index in [1.165, 1.54) is 47.9 Å². The van der Waals surface area contributed by atoms with Crippen molar-refractivity contribution >= 4 is 5.69 Å². The highest BCUT2D eigenvalue weighted by Gasteiger charge is 2.38. The van der Waals surface area contributed by atoms with Gasteiger partial charge in [0.1, 0.15) is 0 Å². The van der Waals surface area contributed by atoms with E-state index in [0.29, 0.717) is 5.92 Å². The topological polar surface area (TPSA) is 26.0 Å². The summed E-state index contributed by atoms with van der Waals surface area (Å²) in [7, 11) is 0. The van der Waals surface area contributed by atoms with Gasteiger partial charge >= 0.3 is 0 Å². The smallest absolute Gasteiger partial charge is 0.0314 e. The van der Waals surface area contributed by atoms with Crippen LogP contribution in [0.2, 0.25) is 0 Å². The molecule has 3 aromatic carbocycles. The van der Waals surface area contributed by atoms with Crippen molar-refractivity contribution in [2.75, 3.05) is 5.73 Å². The van der Waals surface area contributed by atoms with E-state index >= 15 is 0 Å². The van der Waals surface area contributed by atoms with Crippen molar-refractivity contribution in [3.05, 3.63) is 101 Å². The van der Waals surface area contributed by atoms with E-state index in [2.05, 4.69) is 73.7 Å². The second-order valence-corrected chi connectivity index (χ2v) is 7.76. The van der Waals surface area contributed by atoms with Crippen LogP contribution in [-0.2, 0) is 5.41 Å². The molecule has 3 aromatic rings. The molecule has 0 unspecified atom stereocenters. The number of anilines is 1. The van der Waals surface area contributed by atoms with Crippen molar-refractivity contribution in [3.8, 4) is 0 Å². The summed E-state index contributed by atoms with van der Waals surface area (Å²) in [5.41, 5.74) is 12.6. The van der Waals surface area contributed by atoms with Crippen LogP contribution in [0.5, 0.6) is 0 Å². The van der Waals surface area contributed by atoms with Gasteiger partial charge in [-0.25, -0.2) is 0 Å². The molecule has 0 spiro atoms. The third kappa shape index (κ3) is 3.14. The maximum absolute atomic E-state index is 5.95. The zero-order chi connectivity index (χ0) is 18.0. The normalized spacial score (nSPS) is 22.9. The molecule has 0 aliphatic heterocycles. The first kappa shape index (κ1) is 16.9. The zero-order valence-electron chi connectivity index (χ0n) is 15.5. The molecule has 1 fully saturated rings. The van der Waals surface area contributed by atoms with Gasteiger partial charge in [0.05, 0.1) is 0 Å². The summed E-state index contributed by atoms with van der Waals surface area (Å²) in [6.07, 6.45) is 4.81. The maximum atomic E-state index is 5.95. The van der Waals surface area contributed by atoms with Crippen LogP contribution in [-0.4, -0.2) is 0 Å². The zero-order valence-corrected chi connectivity index (χ0v) is 15.5. The highest BCUT2D eigenvalue weighted by molar-refractivity contribution is 5.46. The van der Waals surface area contributed by atoms with Crippen LogP contribution in [0.4, 0.5) is 5.69 Å². The highest BCUT2D eigenvalue weighted by atomic mass is 14.5. The lowest BCUT2D eigenvalue weighted by molar-refractivity contribution is 0.315. The fourth-order valence-electron chi connectivity index (χ4n) is 4.59. The molecule has 1 saturated carbocycles. The highest BCUT2D eigenvalue weighted by Crippen LogP contribution is 2.49. The standard InChI is InChI=1S/C25H27N/c1-19-7-9-20(10-8-19)21-15-17-25(18-16-21,22-5-3-2-4-6-22)23-11-13-24(26)14-12-23/h2-14,21H,15-18,26H2,1H3. The first-order valence-corrected chi connectivity index (χ1v) is 9.65. The Bertz CT molecular complexity index is 839. The van der Waals surface area contributed by atoms with Gasteiger partial charge in [-0.3, -0.25) is 0 Å². The molecular formula is C25H27N. The minimum absolute atomic E-state index is 0.107. The van der Waals surface area contributed by atoms with Crippen LogP contribution >= 0.6 is 0 Å². The molecule has 1 nitrogen and oxygen atoms in total. The third-order valence-electron chi connectivity index (χ3n) is 6.18. The van der Waals surface area contributed by atoms with Gasteiger partial charge in [-0.05, 0) is 67.3 Å². The fraction of sp³-hybridized carbons (Fsp3) is 0.280. The van der Waals surface area contributed by atoms with Gasteiger partial charge in [0.25, 0.3) is 0 Å². The van der Waals surface area contributed by atoms with E-state index in [-0.39, 0.29) is 5.41 Å². The van der Waals surface area contributed by atoms with Crippen molar-refractivity contribution in [3.63, 3.8) is 0 Å². The molecule has 1 aliphatic carbocycles. The van der Waals surface area contributed by atoms with E-state index in [0.717, 1.165) is 5.69 Å². The Hall–Kier alpha value is -2.54. The van der Waals surface area contributed by atoms with Crippen molar-refractivity contribution in [1.29, 1.82) is 0 Å². The summed E-state index contributed by atoms with van der Waals surface area (Å²) < 4.78 is 0. The number of nitrogen functional groups attached to an aromatic ring is 1. The predicted octanol–water partition coefficient (Wildman–Crippen LogP) is 6.22. The summed E-state index contributed by atoms with van der Waals surface area (Å²) in [6.45, 7) is 2.16. The van der Waals surface area contributed by atoms with Crippen molar-refractivity contribution < 1.29 is 0 Å². The Morgan fingerprint density at radius 2 is 1.31 bits per heavy atom. The Kier molecular flexibility index (Phi) is 4.55. The van der Waals surface area contributed by atoms with Gasteiger partial charge in [-0.1, -0.05) is 72.3 Å². The van der Waals surface area contributed by atoms with Crippen LogP contribution < -0.4 is 5.73 Å². The van der Waals surface area contributed by atoms with Gasteiger partial charge in [0, 0.05) is 11.1 Å². The molecule has 0 atom stereocenters. The molecule has 1 heteroatoms. The lowest BCUT2D eigenvalue weighted by Crippen LogP contribution is -2.32. The monoisotopic (exact) mass is 341 g/mol. The molecule has 1 aliphatic rings. The van der Waals surface area contributed by atoms with Gasteiger partial charge in [0.2, 0.25) is 0 Å². The van der Waals surface area contributed by atoms with Crippen molar-refractivity contribution in [2.24, 2.45) is 0 Å². The van der Waals surface area contributed by atoms with Crippen molar-refractivity contribution in [2.45, 2.75) is 43.9 Å². The molecule has 0 bridgehead atoms. The molecule has 0 heterocycles. The van der Waals surface area contributed by atoms with E-state index < -0.39 is 0 Å². The molecule has 132 valence electrons. The number of hydrogen-bond acceptors (Lipinski definition) is 1. The fourth-order valence-corrected chi connectivity index (χ4v) is 4.59. The molecule has 0 radical (unpaired) electrons. The first-order valence-electron chi connectivity index (χ1n) is 9.65. The molecule has 2 N–H and O–H groups in total. The minimum atomic E-state index is 0.107. The summed E-state index contributed by atoms with van der Waals surface area (Å²) in [5, 5.41) is 0. The summed E-state index contributed by atoms with van der Waals surface area (Å²) in [4.78, 5) is 0. The van der Waals surface area contributed by atoms with Gasteiger partial charge < -0.3 is 5.73 Å². The number of aryl methyl sites for hydroxylation is 1. The first-order chi connectivity index (χ1) is 12.7. The number of hydrogen-bond donors (Lipinski definition) is 1. The molecule has 0 aromatic heterocycles.